The molecule has 2 rings (SSSR count). The first kappa shape index (κ1) is 20.3. The number of hydrogen-bond donors (Lipinski definition) is 1. The molecule has 5 heteroatoms. The molecule has 1 unspecified atom stereocenters. The number of methoxy groups -OCH3 is 1. The predicted molar refractivity (Wildman–Crippen MR) is 110 cm³/mol. The van der Waals surface area contributed by atoms with Crippen molar-refractivity contribution >= 4 is 5.96 Å². The first-order valence-electron chi connectivity index (χ1n) is 9.60. The Bertz CT molecular complexity index is 564. The van der Waals surface area contributed by atoms with Gasteiger partial charge in [-0.1, -0.05) is 18.2 Å². The van der Waals surface area contributed by atoms with Gasteiger partial charge in [0, 0.05) is 27.2 Å². The Morgan fingerprint density at radius 1 is 1.35 bits per heavy atom. The molecule has 0 amide bonds. The number of benzene rings is 1. The van der Waals surface area contributed by atoms with Gasteiger partial charge >= 0.3 is 0 Å². The average molecular weight is 359 g/mol. The Balaban J connectivity index is 2.02. The number of aliphatic imine (C=N–C) groups is 1. The molecule has 5 nitrogen and oxygen atoms in total. The Morgan fingerprint density at radius 2 is 2.04 bits per heavy atom. The standard InChI is InChI=1S/C21H34N4O/c1-5-6-7-14-24(3)21(22-2)23-17-20(25-15-8-9-16-25)18-10-12-19(26-4)13-11-18/h5,10-13,20H,1,6-9,14-17H2,2-4H3,(H,22,23). The normalized spacial score (nSPS) is 16.3. The monoisotopic (exact) mass is 358 g/mol. The van der Waals surface area contributed by atoms with E-state index < -0.39 is 0 Å². The maximum absolute atomic E-state index is 5.31. The fraction of sp³-hybridized carbons (Fsp3) is 0.571. The lowest BCUT2D eigenvalue weighted by Gasteiger charge is -2.30. The van der Waals surface area contributed by atoms with Crippen LogP contribution >= 0.6 is 0 Å². The highest BCUT2D eigenvalue weighted by atomic mass is 16.5. The van der Waals surface area contributed by atoms with Gasteiger partial charge in [0.25, 0.3) is 0 Å². The molecule has 0 aromatic heterocycles. The van der Waals surface area contributed by atoms with E-state index in [9.17, 15) is 0 Å². The summed E-state index contributed by atoms with van der Waals surface area (Å²) >= 11 is 0. The second kappa shape index (κ2) is 10.9. The minimum absolute atomic E-state index is 0.349. The molecule has 1 atom stereocenters. The number of hydrogen-bond acceptors (Lipinski definition) is 3. The Kier molecular flexibility index (Phi) is 8.48. The molecular formula is C21H34N4O. The fourth-order valence-corrected chi connectivity index (χ4v) is 3.49. The van der Waals surface area contributed by atoms with Crippen LogP contribution in [0.3, 0.4) is 0 Å². The number of rotatable bonds is 9. The van der Waals surface area contributed by atoms with Crippen molar-refractivity contribution in [3.8, 4) is 5.75 Å². The lowest BCUT2D eigenvalue weighted by molar-refractivity contribution is 0.244. The number of unbranched alkanes of at least 4 members (excludes halogenated alkanes) is 1. The second-order valence-corrected chi connectivity index (χ2v) is 6.81. The summed E-state index contributed by atoms with van der Waals surface area (Å²) in [6.45, 7) is 7.94. The van der Waals surface area contributed by atoms with E-state index in [4.69, 9.17) is 4.74 Å². The molecule has 0 bridgehead atoms. The molecule has 1 aromatic carbocycles. The van der Waals surface area contributed by atoms with E-state index in [1.54, 1.807) is 7.11 Å². The Hall–Kier alpha value is -2.01. The van der Waals surface area contributed by atoms with Crippen molar-refractivity contribution in [3.05, 3.63) is 42.5 Å². The van der Waals surface area contributed by atoms with E-state index in [1.807, 2.05) is 13.1 Å². The lowest BCUT2D eigenvalue weighted by Crippen LogP contribution is -2.43. The molecule has 1 heterocycles. The molecule has 1 aliphatic rings. The highest BCUT2D eigenvalue weighted by Gasteiger charge is 2.24. The van der Waals surface area contributed by atoms with Crippen molar-refractivity contribution < 1.29 is 4.74 Å². The Morgan fingerprint density at radius 3 is 2.62 bits per heavy atom. The number of guanidine groups is 1. The Labute approximate surface area is 158 Å². The second-order valence-electron chi connectivity index (χ2n) is 6.81. The molecular weight excluding hydrogens is 324 g/mol. The number of ether oxygens (including phenoxy) is 1. The first-order chi connectivity index (χ1) is 12.7. The zero-order chi connectivity index (χ0) is 18.8. The van der Waals surface area contributed by atoms with Crippen LogP contribution in [0.25, 0.3) is 0 Å². The van der Waals surface area contributed by atoms with E-state index in [0.717, 1.165) is 50.7 Å². The summed E-state index contributed by atoms with van der Waals surface area (Å²) in [4.78, 5) is 9.22. The molecule has 1 saturated heterocycles. The van der Waals surface area contributed by atoms with Crippen LogP contribution in [-0.2, 0) is 0 Å². The summed E-state index contributed by atoms with van der Waals surface area (Å²) in [5.74, 6) is 1.85. The van der Waals surface area contributed by atoms with Gasteiger partial charge in [0.2, 0.25) is 0 Å². The van der Waals surface area contributed by atoms with Crippen LogP contribution in [0, 0.1) is 0 Å². The van der Waals surface area contributed by atoms with Gasteiger partial charge in [-0.25, -0.2) is 0 Å². The van der Waals surface area contributed by atoms with Crippen molar-refractivity contribution in [1.82, 2.24) is 15.1 Å². The molecule has 1 fully saturated rings. The summed E-state index contributed by atoms with van der Waals surface area (Å²) in [5.41, 5.74) is 1.32. The van der Waals surface area contributed by atoms with Crippen LogP contribution in [-0.4, -0.2) is 63.1 Å². The van der Waals surface area contributed by atoms with Crippen LogP contribution in [0.4, 0.5) is 0 Å². The summed E-state index contributed by atoms with van der Waals surface area (Å²) in [5, 5.41) is 3.58. The van der Waals surface area contributed by atoms with E-state index in [2.05, 4.69) is 58.0 Å². The van der Waals surface area contributed by atoms with Crippen LogP contribution in [0.2, 0.25) is 0 Å². The summed E-state index contributed by atoms with van der Waals surface area (Å²) in [7, 11) is 5.65. The van der Waals surface area contributed by atoms with Gasteiger partial charge in [-0.2, -0.15) is 0 Å². The van der Waals surface area contributed by atoms with Gasteiger partial charge < -0.3 is 15.0 Å². The minimum atomic E-state index is 0.349. The number of nitrogens with one attached hydrogen (secondary N) is 1. The van der Waals surface area contributed by atoms with Gasteiger partial charge in [-0.05, 0) is 56.5 Å². The lowest BCUT2D eigenvalue weighted by atomic mass is 10.1. The third kappa shape index (κ3) is 5.77. The molecule has 1 aliphatic heterocycles. The highest BCUT2D eigenvalue weighted by Crippen LogP contribution is 2.26. The van der Waals surface area contributed by atoms with E-state index >= 15 is 0 Å². The van der Waals surface area contributed by atoms with Crippen molar-refractivity contribution in [2.45, 2.75) is 31.7 Å². The van der Waals surface area contributed by atoms with Crippen LogP contribution in [0.1, 0.15) is 37.3 Å². The van der Waals surface area contributed by atoms with Crippen molar-refractivity contribution in [3.63, 3.8) is 0 Å². The smallest absolute Gasteiger partial charge is 0.193 e. The van der Waals surface area contributed by atoms with Gasteiger partial charge in [0.05, 0.1) is 13.2 Å². The SMILES string of the molecule is C=CCCCN(C)C(=NC)NCC(c1ccc(OC)cc1)N1CCCC1. The van der Waals surface area contributed by atoms with Crippen LogP contribution < -0.4 is 10.1 Å². The van der Waals surface area contributed by atoms with Crippen molar-refractivity contribution in [1.29, 1.82) is 0 Å². The van der Waals surface area contributed by atoms with Gasteiger partial charge in [-0.3, -0.25) is 9.89 Å². The molecule has 0 radical (unpaired) electrons. The largest absolute Gasteiger partial charge is 0.497 e. The van der Waals surface area contributed by atoms with E-state index in [1.165, 1.54) is 18.4 Å². The van der Waals surface area contributed by atoms with Crippen LogP contribution in [0.5, 0.6) is 5.75 Å². The zero-order valence-corrected chi connectivity index (χ0v) is 16.6. The molecule has 26 heavy (non-hydrogen) atoms. The summed E-state index contributed by atoms with van der Waals surface area (Å²) < 4.78 is 5.31. The third-order valence-corrected chi connectivity index (χ3v) is 5.01. The maximum atomic E-state index is 5.31. The first-order valence-corrected chi connectivity index (χ1v) is 9.60. The summed E-state index contributed by atoms with van der Waals surface area (Å²) in [6.07, 6.45) is 6.65. The van der Waals surface area contributed by atoms with E-state index in [0.29, 0.717) is 6.04 Å². The van der Waals surface area contributed by atoms with Gasteiger partial charge in [-0.15, -0.1) is 6.58 Å². The number of nitrogens with zero attached hydrogens (tertiary/aromatic N) is 3. The molecule has 0 spiro atoms. The van der Waals surface area contributed by atoms with Crippen molar-refractivity contribution in [2.24, 2.45) is 4.99 Å². The third-order valence-electron chi connectivity index (χ3n) is 5.01. The van der Waals surface area contributed by atoms with Crippen LogP contribution in [0.15, 0.2) is 41.9 Å². The average Bonchev–Trinajstić information content (AvgIpc) is 3.20. The fourth-order valence-electron chi connectivity index (χ4n) is 3.49. The topological polar surface area (TPSA) is 40.1 Å². The molecule has 1 aromatic rings. The number of allylic oxidation sites excluding steroid dienone is 1. The predicted octanol–water partition coefficient (Wildman–Crippen LogP) is 3.31. The molecule has 0 aliphatic carbocycles. The molecule has 1 N–H and O–H groups in total. The van der Waals surface area contributed by atoms with Crippen molar-refractivity contribution in [2.75, 3.05) is 47.4 Å². The maximum Gasteiger partial charge on any atom is 0.193 e. The number of likely N-dealkylation sites (tertiary alicyclic amines) is 1. The highest BCUT2D eigenvalue weighted by molar-refractivity contribution is 5.79. The van der Waals surface area contributed by atoms with Gasteiger partial charge in [0.15, 0.2) is 5.96 Å². The minimum Gasteiger partial charge on any atom is -0.497 e. The summed E-state index contributed by atoms with van der Waals surface area (Å²) in [6, 6.07) is 8.81. The molecule has 144 valence electrons. The quantitative estimate of drug-likeness (QED) is 0.318. The molecule has 0 saturated carbocycles. The van der Waals surface area contributed by atoms with Gasteiger partial charge in [0.1, 0.15) is 5.75 Å². The zero-order valence-electron chi connectivity index (χ0n) is 16.6. The van der Waals surface area contributed by atoms with E-state index in [-0.39, 0.29) is 0 Å².